The molecule has 0 spiro atoms. The zero-order valence-electron chi connectivity index (χ0n) is 16.4. The molecule has 150 valence electrons. The summed E-state index contributed by atoms with van der Waals surface area (Å²) in [5.74, 6) is -0.411. The van der Waals surface area contributed by atoms with Crippen LogP contribution in [0.2, 0.25) is 0 Å². The highest BCUT2D eigenvalue weighted by atomic mass is 16.2. The van der Waals surface area contributed by atoms with Crippen LogP contribution in [0.25, 0.3) is 0 Å². The third-order valence-corrected chi connectivity index (χ3v) is 5.10. The molecular weight excluding hydrogens is 378 g/mol. The molecule has 0 radical (unpaired) electrons. The van der Waals surface area contributed by atoms with Crippen molar-refractivity contribution in [2.45, 2.75) is 32.4 Å². The predicted molar refractivity (Wildman–Crippen MR) is 112 cm³/mol. The van der Waals surface area contributed by atoms with Crippen LogP contribution in [0.3, 0.4) is 0 Å². The first-order chi connectivity index (χ1) is 14.7. The standard InChI is InChI=1S/C23H21N5O2/c24-14-16-9-11-18(12-10-16)26-23(30)21-27-20(19-8-4-5-13-28(19)21)22(29)25-15-17-6-2-1-3-7-17/h1-3,6-7,9-12H,4-5,8,13,15H2,(H,25,29)(H,26,30). The number of hydrogen-bond acceptors (Lipinski definition) is 4. The summed E-state index contributed by atoms with van der Waals surface area (Å²) in [6.45, 7) is 1.06. The highest BCUT2D eigenvalue weighted by Gasteiger charge is 2.27. The second-order valence-corrected chi connectivity index (χ2v) is 7.15. The number of nitrogens with zero attached hydrogens (tertiary/aromatic N) is 3. The second-order valence-electron chi connectivity index (χ2n) is 7.15. The molecule has 0 unspecified atom stereocenters. The summed E-state index contributed by atoms with van der Waals surface area (Å²) in [7, 11) is 0. The summed E-state index contributed by atoms with van der Waals surface area (Å²) in [6.07, 6.45) is 2.61. The van der Waals surface area contributed by atoms with E-state index in [-0.39, 0.29) is 17.6 Å². The van der Waals surface area contributed by atoms with Gasteiger partial charge in [0.05, 0.1) is 17.3 Å². The van der Waals surface area contributed by atoms with E-state index < -0.39 is 0 Å². The topological polar surface area (TPSA) is 99.8 Å². The van der Waals surface area contributed by atoms with Crippen molar-refractivity contribution in [1.82, 2.24) is 14.9 Å². The molecule has 1 aliphatic heterocycles. The Labute approximate surface area is 174 Å². The highest BCUT2D eigenvalue weighted by Crippen LogP contribution is 2.22. The van der Waals surface area contributed by atoms with Gasteiger partial charge in [-0.3, -0.25) is 9.59 Å². The van der Waals surface area contributed by atoms with Gasteiger partial charge >= 0.3 is 0 Å². The molecule has 3 aromatic rings. The monoisotopic (exact) mass is 399 g/mol. The van der Waals surface area contributed by atoms with Gasteiger partial charge < -0.3 is 15.2 Å². The maximum atomic E-state index is 12.9. The molecule has 1 aromatic heterocycles. The molecule has 7 heteroatoms. The van der Waals surface area contributed by atoms with Crippen LogP contribution in [0.15, 0.2) is 54.6 Å². The van der Waals surface area contributed by atoms with E-state index in [0.717, 1.165) is 24.1 Å². The van der Waals surface area contributed by atoms with Crippen molar-refractivity contribution in [3.63, 3.8) is 0 Å². The number of rotatable bonds is 5. The third-order valence-electron chi connectivity index (χ3n) is 5.10. The molecule has 4 rings (SSSR count). The van der Waals surface area contributed by atoms with Gasteiger partial charge in [0, 0.05) is 18.8 Å². The Bertz CT molecular complexity index is 1110. The van der Waals surface area contributed by atoms with E-state index in [0.29, 0.717) is 36.5 Å². The number of carbonyl (C=O) groups excluding carboxylic acids is 2. The molecule has 2 N–H and O–H groups in total. The number of aromatic nitrogens is 2. The average Bonchev–Trinajstić information content (AvgIpc) is 3.19. The first-order valence-corrected chi connectivity index (χ1v) is 9.89. The van der Waals surface area contributed by atoms with Gasteiger partial charge in [0.15, 0.2) is 5.82 Å². The minimum absolute atomic E-state index is 0.235. The molecule has 7 nitrogen and oxygen atoms in total. The number of carbonyl (C=O) groups is 2. The van der Waals surface area contributed by atoms with E-state index in [9.17, 15) is 9.59 Å². The fourth-order valence-corrected chi connectivity index (χ4v) is 3.58. The molecule has 2 heterocycles. The van der Waals surface area contributed by atoms with Crippen molar-refractivity contribution >= 4 is 17.5 Å². The van der Waals surface area contributed by atoms with E-state index in [1.807, 2.05) is 41.0 Å². The molecule has 1 aliphatic rings. The Balaban J connectivity index is 1.55. The Kier molecular flexibility index (Phi) is 5.57. The van der Waals surface area contributed by atoms with Gasteiger partial charge in [-0.15, -0.1) is 0 Å². The van der Waals surface area contributed by atoms with Crippen LogP contribution in [-0.4, -0.2) is 21.4 Å². The summed E-state index contributed by atoms with van der Waals surface area (Å²) in [5.41, 5.74) is 3.20. The lowest BCUT2D eigenvalue weighted by molar-refractivity contribution is 0.0945. The normalized spacial score (nSPS) is 12.5. The zero-order valence-corrected chi connectivity index (χ0v) is 16.4. The number of hydrogen-bond donors (Lipinski definition) is 2. The van der Waals surface area contributed by atoms with E-state index in [4.69, 9.17) is 5.26 Å². The van der Waals surface area contributed by atoms with Gasteiger partial charge in [-0.1, -0.05) is 30.3 Å². The van der Waals surface area contributed by atoms with E-state index in [2.05, 4.69) is 15.6 Å². The van der Waals surface area contributed by atoms with Crippen LogP contribution in [0.4, 0.5) is 5.69 Å². The van der Waals surface area contributed by atoms with Crippen molar-refractivity contribution in [3.8, 4) is 6.07 Å². The maximum absolute atomic E-state index is 12.9. The number of anilines is 1. The van der Waals surface area contributed by atoms with E-state index >= 15 is 0 Å². The second kappa shape index (κ2) is 8.62. The van der Waals surface area contributed by atoms with Crippen molar-refractivity contribution < 1.29 is 9.59 Å². The van der Waals surface area contributed by atoms with Crippen molar-refractivity contribution in [2.75, 3.05) is 5.32 Å². The maximum Gasteiger partial charge on any atom is 0.291 e. The molecule has 2 aromatic carbocycles. The summed E-state index contributed by atoms with van der Waals surface area (Å²) < 4.78 is 1.85. The number of benzene rings is 2. The van der Waals surface area contributed by atoms with Crippen molar-refractivity contribution in [1.29, 1.82) is 5.26 Å². The first-order valence-electron chi connectivity index (χ1n) is 9.89. The minimum Gasteiger partial charge on any atom is -0.347 e. The first kappa shape index (κ1) is 19.4. The molecule has 0 aliphatic carbocycles. The Morgan fingerprint density at radius 2 is 1.80 bits per heavy atom. The summed E-state index contributed by atoms with van der Waals surface area (Å²) >= 11 is 0. The van der Waals surface area contributed by atoms with Gasteiger partial charge in [0.2, 0.25) is 0 Å². The summed E-state index contributed by atoms with van der Waals surface area (Å²) in [6, 6.07) is 18.3. The third kappa shape index (κ3) is 4.08. The van der Waals surface area contributed by atoms with Crippen LogP contribution in [0.5, 0.6) is 0 Å². The molecule has 0 saturated heterocycles. The Hall–Kier alpha value is -3.92. The van der Waals surface area contributed by atoms with Gasteiger partial charge in [-0.05, 0) is 49.1 Å². The highest BCUT2D eigenvalue weighted by molar-refractivity contribution is 6.03. The largest absolute Gasteiger partial charge is 0.347 e. The number of nitrogens with one attached hydrogen (secondary N) is 2. The lowest BCUT2D eigenvalue weighted by Gasteiger charge is -2.17. The Morgan fingerprint density at radius 1 is 1.03 bits per heavy atom. The van der Waals surface area contributed by atoms with Crippen LogP contribution >= 0.6 is 0 Å². The molecular formula is C23H21N5O2. The number of amides is 2. The minimum atomic E-state index is -0.370. The fraction of sp³-hybridized carbons (Fsp3) is 0.217. The predicted octanol–water partition coefficient (Wildman–Crippen LogP) is 3.27. The quantitative estimate of drug-likeness (QED) is 0.688. The van der Waals surface area contributed by atoms with Crippen LogP contribution < -0.4 is 10.6 Å². The molecule has 0 bridgehead atoms. The zero-order chi connectivity index (χ0) is 20.9. The number of fused-ring (bicyclic) bond motifs is 1. The van der Waals surface area contributed by atoms with Gasteiger partial charge in [0.1, 0.15) is 5.69 Å². The van der Waals surface area contributed by atoms with Crippen LogP contribution in [-0.2, 0) is 19.5 Å². The van der Waals surface area contributed by atoms with E-state index in [1.165, 1.54) is 0 Å². The molecule has 0 fully saturated rings. The fourth-order valence-electron chi connectivity index (χ4n) is 3.58. The lowest BCUT2D eigenvalue weighted by Crippen LogP contribution is -2.25. The summed E-state index contributed by atoms with van der Waals surface area (Å²) in [4.78, 5) is 30.1. The summed E-state index contributed by atoms with van der Waals surface area (Å²) in [5, 5.41) is 14.6. The average molecular weight is 399 g/mol. The lowest BCUT2D eigenvalue weighted by atomic mass is 10.1. The molecule has 0 atom stereocenters. The number of imidazole rings is 1. The van der Waals surface area contributed by atoms with Crippen molar-refractivity contribution in [3.05, 3.63) is 82.9 Å². The van der Waals surface area contributed by atoms with E-state index in [1.54, 1.807) is 24.3 Å². The molecule has 2 amide bonds. The van der Waals surface area contributed by atoms with Gasteiger partial charge in [0.25, 0.3) is 11.8 Å². The van der Waals surface area contributed by atoms with Crippen molar-refractivity contribution in [2.24, 2.45) is 0 Å². The van der Waals surface area contributed by atoms with Gasteiger partial charge in [-0.2, -0.15) is 5.26 Å². The molecule has 30 heavy (non-hydrogen) atoms. The Morgan fingerprint density at radius 3 is 2.53 bits per heavy atom. The SMILES string of the molecule is N#Cc1ccc(NC(=O)c2nc(C(=O)NCc3ccccc3)c3n2CCCC3)cc1. The number of nitriles is 1. The van der Waals surface area contributed by atoms with Crippen LogP contribution in [0.1, 0.15) is 50.8 Å². The van der Waals surface area contributed by atoms with Crippen LogP contribution in [0, 0.1) is 11.3 Å². The smallest absolute Gasteiger partial charge is 0.291 e. The molecule has 0 saturated carbocycles. The van der Waals surface area contributed by atoms with Gasteiger partial charge in [-0.25, -0.2) is 4.98 Å².